The van der Waals surface area contributed by atoms with Crippen molar-refractivity contribution in [1.29, 1.82) is 0 Å². The van der Waals surface area contributed by atoms with Crippen LogP contribution in [-0.2, 0) is 0 Å². The van der Waals surface area contributed by atoms with E-state index in [1.807, 2.05) is 20.8 Å². The average molecular weight is 327 g/mol. The van der Waals surface area contributed by atoms with E-state index in [1.165, 1.54) is 18.2 Å². The smallest absolute Gasteiger partial charge is 0.266 e. The Morgan fingerprint density at radius 3 is 2.08 bits per heavy atom. The van der Waals surface area contributed by atoms with Crippen molar-refractivity contribution in [2.24, 2.45) is 5.41 Å². The van der Waals surface area contributed by atoms with Gasteiger partial charge >= 0.3 is 0 Å². The Labute approximate surface area is 139 Å². The lowest BCUT2D eigenvalue weighted by molar-refractivity contribution is 0.0924. The summed E-state index contributed by atoms with van der Waals surface area (Å²) in [7, 11) is 0. The lowest BCUT2D eigenvalue weighted by Gasteiger charge is -2.23. The molecule has 2 amide bonds. The molecular formula is C19H18FNO3. The van der Waals surface area contributed by atoms with E-state index in [0.717, 1.165) is 4.90 Å². The maximum Gasteiger partial charge on any atom is 0.266 e. The Morgan fingerprint density at radius 1 is 0.958 bits per heavy atom. The molecule has 0 radical (unpaired) electrons. The predicted octanol–water partition coefficient (Wildman–Crippen LogP) is 4.05. The van der Waals surface area contributed by atoms with E-state index in [-0.39, 0.29) is 23.5 Å². The third kappa shape index (κ3) is 2.77. The highest BCUT2D eigenvalue weighted by molar-refractivity contribution is 6.34. The number of para-hydroxylation sites is 1. The zero-order valence-corrected chi connectivity index (χ0v) is 13.8. The molecule has 4 nitrogen and oxygen atoms in total. The van der Waals surface area contributed by atoms with Gasteiger partial charge in [0.05, 0.1) is 23.4 Å². The van der Waals surface area contributed by atoms with Gasteiger partial charge in [-0.3, -0.25) is 9.59 Å². The molecule has 0 N–H and O–H groups in total. The van der Waals surface area contributed by atoms with E-state index in [9.17, 15) is 14.0 Å². The van der Waals surface area contributed by atoms with Gasteiger partial charge in [0, 0.05) is 0 Å². The first-order valence-corrected chi connectivity index (χ1v) is 7.69. The molecular weight excluding hydrogens is 309 g/mol. The maximum absolute atomic E-state index is 14.3. The number of rotatable bonds is 3. The molecule has 0 bridgehead atoms. The van der Waals surface area contributed by atoms with E-state index in [0.29, 0.717) is 11.1 Å². The molecule has 0 saturated carbocycles. The lowest BCUT2D eigenvalue weighted by Crippen LogP contribution is -2.30. The minimum Gasteiger partial charge on any atom is -0.488 e. The summed E-state index contributed by atoms with van der Waals surface area (Å²) in [5.41, 5.74) is 0.564. The molecule has 5 heteroatoms. The van der Waals surface area contributed by atoms with Gasteiger partial charge in [0.25, 0.3) is 11.8 Å². The zero-order chi connectivity index (χ0) is 17.5. The quantitative estimate of drug-likeness (QED) is 0.799. The third-order valence-corrected chi connectivity index (χ3v) is 3.63. The monoisotopic (exact) mass is 327 g/mol. The summed E-state index contributed by atoms with van der Waals surface area (Å²) >= 11 is 0. The number of fused-ring (bicyclic) bond motifs is 1. The second-order valence-corrected chi connectivity index (χ2v) is 6.93. The Balaban J connectivity index is 2.03. The summed E-state index contributed by atoms with van der Waals surface area (Å²) in [5, 5.41) is 0. The molecule has 0 unspecified atom stereocenters. The third-order valence-electron chi connectivity index (χ3n) is 3.63. The molecule has 124 valence electrons. The van der Waals surface area contributed by atoms with Crippen molar-refractivity contribution in [3.05, 3.63) is 59.4 Å². The molecule has 0 fully saturated rings. The Morgan fingerprint density at radius 2 is 1.54 bits per heavy atom. The number of carbonyl (C=O) groups is 2. The summed E-state index contributed by atoms with van der Waals surface area (Å²) in [6.07, 6.45) is 0. The molecule has 1 aliphatic heterocycles. The largest absolute Gasteiger partial charge is 0.488 e. The van der Waals surface area contributed by atoms with Crippen LogP contribution in [0.5, 0.6) is 5.75 Å². The standard InChI is InChI=1S/C19H18FNO3/c1-19(2,3)11-24-16-14(20)9-6-10-15(16)21-17(22)12-7-4-5-8-13(12)18(21)23/h4-10H,11H2,1-3H3. The minimum absolute atomic E-state index is 0.0815. The Bertz CT molecular complexity index is 789. The molecule has 24 heavy (non-hydrogen) atoms. The van der Waals surface area contributed by atoms with Gasteiger partial charge in [0.15, 0.2) is 11.6 Å². The van der Waals surface area contributed by atoms with Crippen LogP contribution >= 0.6 is 0 Å². The molecule has 0 aromatic heterocycles. The van der Waals surface area contributed by atoms with Gasteiger partial charge in [-0.05, 0) is 29.7 Å². The first kappa shape index (κ1) is 16.2. The highest BCUT2D eigenvalue weighted by Crippen LogP contribution is 2.37. The number of ether oxygens (including phenoxy) is 1. The SMILES string of the molecule is CC(C)(C)COc1c(F)cccc1N1C(=O)c2ccccc2C1=O. The van der Waals surface area contributed by atoms with Gasteiger partial charge in [-0.2, -0.15) is 0 Å². The number of carbonyl (C=O) groups excluding carboxylic acids is 2. The van der Waals surface area contributed by atoms with Crippen LogP contribution in [0.3, 0.4) is 0 Å². The summed E-state index contributed by atoms with van der Waals surface area (Å²) < 4.78 is 19.9. The van der Waals surface area contributed by atoms with Crippen LogP contribution in [0.25, 0.3) is 0 Å². The first-order valence-electron chi connectivity index (χ1n) is 7.69. The molecule has 0 saturated heterocycles. The second-order valence-electron chi connectivity index (χ2n) is 6.93. The predicted molar refractivity (Wildman–Crippen MR) is 88.9 cm³/mol. The van der Waals surface area contributed by atoms with Crippen LogP contribution in [-0.4, -0.2) is 18.4 Å². The van der Waals surface area contributed by atoms with Crippen LogP contribution in [0.4, 0.5) is 10.1 Å². The number of imide groups is 1. The zero-order valence-electron chi connectivity index (χ0n) is 13.8. The van der Waals surface area contributed by atoms with Crippen molar-refractivity contribution in [3.8, 4) is 5.75 Å². The van der Waals surface area contributed by atoms with E-state index in [1.54, 1.807) is 24.3 Å². The fraction of sp³-hybridized carbons (Fsp3) is 0.263. The van der Waals surface area contributed by atoms with Gasteiger partial charge < -0.3 is 4.74 Å². The highest BCUT2D eigenvalue weighted by atomic mass is 19.1. The minimum atomic E-state index is -0.603. The Kier molecular flexibility index (Phi) is 3.87. The van der Waals surface area contributed by atoms with Crippen molar-refractivity contribution < 1.29 is 18.7 Å². The van der Waals surface area contributed by atoms with Crippen LogP contribution in [0.15, 0.2) is 42.5 Å². The van der Waals surface area contributed by atoms with Crippen LogP contribution < -0.4 is 9.64 Å². The number of hydrogen-bond acceptors (Lipinski definition) is 3. The summed E-state index contributed by atoms with van der Waals surface area (Å²) in [6, 6.07) is 10.8. The molecule has 3 rings (SSSR count). The topological polar surface area (TPSA) is 46.6 Å². The van der Waals surface area contributed by atoms with E-state index < -0.39 is 17.6 Å². The second kappa shape index (κ2) is 5.74. The number of hydrogen-bond donors (Lipinski definition) is 0. The van der Waals surface area contributed by atoms with Crippen molar-refractivity contribution in [1.82, 2.24) is 0 Å². The van der Waals surface area contributed by atoms with Gasteiger partial charge in [-0.25, -0.2) is 9.29 Å². The number of amides is 2. The van der Waals surface area contributed by atoms with Gasteiger partial charge in [-0.15, -0.1) is 0 Å². The van der Waals surface area contributed by atoms with E-state index in [2.05, 4.69) is 0 Å². The molecule has 0 aliphatic carbocycles. The van der Waals surface area contributed by atoms with E-state index >= 15 is 0 Å². The van der Waals surface area contributed by atoms with Gasteiger partial charge in [0.2, 0.25) is 0 Å². The number of halogens is 1. The van der Waals surface area contributed by atoms with Crippen molar-refractivity contribution in [2.45, 2.75) is 20.8 Å². The summed E-state index contributed by atoms with van der Waals surface area (Å²) in [5.74, 6) is -1.63. The molecule has 2 aromatic rings. The average Bonchev–Trinajstić information content (AvgIpc) is 2.77. The Hall–Kier alpha value is -2.69. The van der Waals surface area contributed by atoms with E-state index in [4.69, 9.17) is 4.74 Å². The number of nitrogens with zero attached hydrogens (tertiary/aromatic N) is 1. The summed E-state index contributed by atoms with van der Waals surface area (Å²) in [6.45, 7) is 6.12. The van der Waals surface area contributed by atoms with Crippen LogP contribution in [0.1, 0.15) is 41.5 Å². The molecule has 0 atom stereocenters. The fourth-order valence-electron chi connectivity index (χ4n) is 2.51. The van der Waals surface area contributed by atoms with Gasteiger partial charge in [0.1, 0.15) is 0 Å². The van der Waals surface area contributed by atoms with Crippen molar-refractivity contribution in [2.75, 3.05) is 11.5 Å². The van der Waals surface area contributed by atoms with Crippen LogP contribution in [0, 0.1) is 11.2 Å². The number of benzene rings is 2. The molecule has 1 aliphatic rings. The molecule has 1 heterocycles. The molecule has 0 spiro atoms. The van der Waals surface area contributed by atoms with Crippen molar-refractivity contribution >= 4 is 17.5 Å². The van der Waals surface area contributed by atoms with Gasteiger partial charge in [-0.1, -0.05) is 39.0 Å². The molecule has 2 aromatic carbocycles. The normalized spacial score (nSPS) is 14.1. The fourth-order valence-corrected chi connectivity index (χ4v) is 2.51. The first-order chi connectivity index (χ1) is 11.3. The van der Waals surface area contributed by atoms with Crippen molar-refractivity contribution in [3.63, 3.8) is 0 Å². The lowest BCUT2D eigenvalue weighted by atomic mass is 9.99. The maximum atomic E-state index is 14.3. The highest BCUT2D eigenvalue weighted by Gasteiger charge is 2.38. The summed E-state index contributed by atoms with van der Waals surface area (Å²) in [4.78, 5) is 26.2. The number of anilines is 1. The van der Waals surface area contributed by atoms with Crippen LogP contribution in [0.2, 0.25) is 0 Å².